The highest BCUT2D eigenvalue weighted by molar-refractivity contribution is 7.99. The van der Waals surface area contributed by atoms with Gasteiger partial charge in [-0.25, -0.2) is 9.31 Å². The molecule has 0 aromatic carbocycles. The molecule has 1 N–H and O–H groups in total. The lowest BCUT2D eigenvalue weighted by Crippen LogP contribution is -2.41. The van der Waals surface area contributed by atoms with Gasteiger partial charge in [-0.2, -0.15) is 5.10 Å². The Labute approximate surface area is 112 Å². The lowest BCUT2D eigenvalue weighted by Gasteiger charge is -2.19. The number of aromatic nitrogens is 3. The smallest absolute Gasteiger partial charge is 0.327 e. The molecule has 0 unspecified atom stereocenters. The van der Waals surface area contributed by atoms with Crippen LogP contribution >= 0.6 is 11.8 Å². The molecule has 2 aromatic heterocycles. The molecule has 7 nitrogen and oxygen atoms in total. The summed E-state index contributed by atoms with van der Waals surface area (Å²) in [7, 11) is 0. The van der Waals surface area contributed by atoms with Crippen molar-refractivity contribution >= 4 is 29.2 Å². The summed E-state index contributed by atoms with van der Waals surface area (Å²) in [5.41, 5.74) is 0.954. The zero-order chi connectivity index (χ0) is 13.4. The molecule has 3 rings (SSSR count). The third kappa shape index (κ3) is 1.93. The van der Waals surface area contributed by atoms with E-state index in [1.165, 1.54) is 22.9 Å². The van der Waals surface area contributed by atoms with E-state index in [-0.39, 0.29) is 5.91 Å². The summed E-state index contributed by atoms with van der Waals surface area (Å²) in [4.78, 5) is 28.8. The predicted octanol–water partition coefficient (Wildman–Crippen LogP) is 0.329. The highest BCUT2D eigenvalue weighted by Crippen LogP contribution is 2.24. The van der Waals surface area contributed by atoms with Crippen molar-refractivity contribution in [3.63, 3.8) is 0 Å². The van der Waals surface area contributed by atoms with Gasteiger partial charge in [0.15, 0.2) is 0 Å². The summed E-state index contributed by atoms with van der Waals surface area (Å²) in [6.45, 7) is 0. The number of amides is 1. The molecule has 0 bridgehead atoms. The minimum Gasteiger partial charge on any atom is -0.480 e. The Morgan fingerprint density at radius 1 is 1.42 bits per heavy atom. The summed E-state index contributed by atoms with van der Waals surface area (Å²) < 4.78 is 1.54. The van der Waals surface area contributed by atoms with E-state index in [2.05, 4.69) is 10.1 Å². The minimum absolute atomic E-state index is 0.319. The molecular weight excluding hydrogens is 268 g/mol. The van der Waals surface area contributed by atoms with Gasteiger partial charge < -0.3 is 10.0 Å². The van der Waals surface area contributed by atoms with E-state index in [1.54, 1.807) is 23.1 Å². The number of nitrogens with zero attached hydrogens (tertiary/aromatic N) is 4. The van der Waals surface area contributed by atoms with Gasteiger partial charge in [0.1, 0.15) is 6.04 Å². The van der Waals surface area contributed by atoms with Crippen LogP contribution in [0.15, 0.2) is 24.8 Å². The zero-order valence-corrected chi connectivity index (χ0v) is 10.6. The molecule has 98 valence electrons. The van der Waals surface area contributed by atoms with Crippen LogP contribution in [-0.2, 0) is 4.79 Å². The maximum atomic E-state index is 12.4. The molecule has 1 saturated heterocycles. The summed E-state index contributed by atoms with van der Waals surface area (Å²) in [6, 6.07) is -0.774. The molecule has 3 heterocycles. The highest BCUT2D eigenvalue weighted by atomic mass is 32.2. The van der Waals surface area contributed by atoms with Crippen molar-refractivity contribution in [1.82, 2.24) is 19.5 Å². The first-order chi connectivity index (χ1) is 9.18. The number of hydrogen-bond acceptors (Lipinski definition) is 5. The summed E-state index contributed by atoms with van der Waals surface area (Å²) in [5.74, 6) is -0.500. The van der Waals surface area contributed by atoms with Crippen molar-refractivity contribution in [2.24, 2.45) is 0 Å². The Kier molecular flexibility index (Phi) is 2.86. The normalized spacial score (nSPS) is 18.9. The predicted molar refractivity (Wildman–Crippen MR) is 67.9 cm³/mol. The number of aliphatic carboxylic acids is 1. The number of rotatable bonds is 2. The van der Waals surface area contributed by atoms with Crippen molar-refractivity contribution in [2.45, 2.75) is 6.04 Å². The number of fused-ring (bicyclic) bond motifs is 1. The van der Waals surface area contributed by atoms with Crippen LogP contribution in [0.25, 0.3) is 5.52 Å². The lowest BCUT2D eigenvalue weighted by atomic mass is 10.2. The third-order valence-corrected chi connectivity index (χ3v) is 4.00. The summed E-state index contributed by atoms with van der Waals surface area (Å²) in [6.07, 6.45) is 6.19. The fourth-order valence-electron chi connectivity index (χ4n) is 2.00. The first-order valence-corrected chi connectivity index (χ1v) is 6.73. The monoisotopic (exact) mass is 278 g/mol. The minimum atomic E-state index is -0.979. The standard InChI is InChI=1S/C11H10N4O3S/c16-10(14-6-19-5-9(14)11(17)18)7-3-13-15-2-1-12-4-8(7)15/h1-4,9H,5-6H2,(H,17,18)/t9-/m0/s1. The Morgan fingerprint density at radius 3 is 3.05 bits per heavy atom. The van der Waals surface area contributed by atoms with E-state index in [1.807, 2.05) is 0 Å². The van der Waals surface area contributed by atoms with Gasteiger partial charge in [0.05, 0.1) is 29.4 Å². The van der Waals surface area contributed by atoms with Gasteiger partial charge in [-0.3, -0.25) is 9.78 Å². The second-order valence-corrected chi connectivity index (χ2v) is 5.09. The van der Waals surface area contributed by atoms with Crippen LogP contribution in [-0.4, -0.2) is 54.2 Å². The molecule has 0 saturated carbocycles. The van der Waals surface area contributed by atoms with Crippen molar-refractivity contribution in [3.8, 4) is 0 Å². The van der Waals surface area contributed by atoms with Gasteiger partial charge in [0, 0.05) is 18.1 Å². The third-order valence-electron chi connectivity index (χ3n) is 2.98. The molecule has 1 atom stereocenters. The number of hydrogen-bond donors (Lipinski definition) is 1. The van der Waals surface area contributed by atoms with Gasteiger partial charge in [-0.05, 0) is 0 Å². The first-order valence-electron chi connectivity index (χ1n) is 5.57. The maximum Gasteiger partial charge on any atom is 0.327 e. The number of thioether (sulfide) groups is 1. The van der Waals surface area contributed by atoms with Gasteiger partial charge in [-0.1, -0.05) is 0 Å². The average Bonchev–Trinajstić information content (AvgIpc) is 3.05. The van der Waals surface area contributed by atoms with Crippen LogP contribution in [0.1, 0.15) is 10.4 Å². The Balaban J connectivity index is 1.98. The van der Waals surface area contributed by atoms with Crippen molar-refractivity contribution < 1.29 is 14.7 Å². The number of carboxylic acid groups (broad SMARTS) is 1. The van der Waals surface area contributed by atoms with E-state index < -0.39 is 12.0 Å². The molecule has 1 amide bonds. The highest BCUT2D eigenvalue weighted by Gasteiger charge is 2.35. The van der Waals surface area contributed by atoms with E-state index in [0.717, 1.165) is 0 Å². The van der Waals surface area contributed by atoms with Gasteiger partial charge >= 0.3 is 5.97 Å². The summed E-state index contributed by atoms with van der Waals surface area (Å²) in [5, 5.41) is 13.2. The molecule has 2 aromatic rings. The average molecular weight is 278 g/mol. The van der Waals surface area contributed by atoms with Crippen LogP contribution in [0.4, 0.5) is 0 Å². The topological polar surface area (TPSA) is 87.8 Å². The first kappa shape index (κ1) is 12.0. The molecule has 1 fully saturated rings. The lowest BCUT2D eigenvalue weighted by molar-refractivity contribution is -0.140. The molecule has 0 spiro atoms. The molecule has 0 radical (unpaired) electrons. The van der Waals surface area contributed by atoms with E-state index in [4.69, 9.17) is 5.11 Å². The fraction of sp³-hybridized carbons (Fsp3) is 0.273. The van der Waals surface area contributed by atoms with Crippen LogP contribution in [0.5, 0.6) is 0 Å². The Morgan fingerprint density at radius 2 is 2.26 bits per heavy atom. The van der Waals surface area contributed by atoms with Crippen LogP contribution in [0.3, 0.4) is 0 Å². The van der Waals surface area contributed by atoms with Gasteiger partial charge in [0.25, 0.3) is 5.91 Å². The van der Waals surface area contributed by atoms with Crippen molar-refractivity contribution in [1.29, 1.82) is 0 Å². The zero-order valence-electron chi connectivity index (χ0n) is 9.76. The maximum absolute atomic E-state index is 12.4. The number of carbonyl (C=O) groups excluding carboxylic acids is 1. The molecule has 1 aliphatic rings. The SMILES string of the molecule is O=C(O)[C@@H]1CSCN1C(=O)c1cnn2ccncc12. The van der Waals surface area contributed by atoms with E-state index in [0.29, 0.717) is 22.7 Å². The largest absolute Gasteiger partial charge is 0.480 e. The molecular formula is C11H10N4O3S. The summed E-state index contributed by atoms with van der Waals surface area (Å²) >= 11 is 1.43. The van der Waals surface area contributed by atoms with Gasteiger partial charge in [-0.15, -0.1) is 11.8 Å². The van der Waals surface area contributed by atoms with Gasteiger partial charge in [0.2, 0.25) is 0 Å². The van der Waals surface area contributed by atoms with Crippen molar-refractivity contribution in [2.75, 3.05) is 11.6 Å². The number of carbonyl (C=O) groups is 2. The molecule has 1 aliphatic heterocycles. The number of carboxylic acids is 1. The van der Waals surface area contributed by atoms with Crippen LogP contribution < -0.4 is 0 Å². The van der Waals surface area contributed by atoms with E-state index >= 15 is 0 Å². The molecule has 0 aliphatic carbocycles. The van der Waals surface area contributed by atoms with Crippen molar-refractivity contribution in [3.05, 3.63) is 30.4 Å². The Bertz CT molecular complexity index is 656. The second kappa shape index (κ2) is 4.54. The van der Waals surface area contributed by atoms with Crippen LogP contribution in [0.2, 0.25) is 0 Å². The molecule has 8 heteroatoms. The van der Waals surface area contributed by atoms with E-state index in [9.17, 15) is 9.59 Å². The Hall–Kier alpha value is -2.09. The fourth-order valence-corrected chi connectivity index (χ4v) is 3.15. The quantitative estimate of drug-likeness (QED) is 0.851. The van der Waals surface area contributed by atoms with Crippen LogP contribution in [0, 0.1) is 0 Å². The molecule has 19 heavy (non-hydrogen) atoms. The second-order valence-electron chi connectivity index (χ2n) is 4.09.